The zero-order valence-corrected chi connectivity index (χ0v) is 9.35. The van der Waals surface area contributed by atoms with Crippen LogP contribution < -0.4 is 0 Å². The summed E-state index contributed by atoms with van der Waals surface area (Å²) in [5, 5.41) is 9.33. The Morgan fingerprint density at radius 2 is 1.94 bits per heavy atom. The summed E-state index contributed by atoms with van der Waals surface area (Å²) in [7, 11) is 0. The lowest BCUT2D eigenvalue weighted by Crippen LogP contribution is -2.28. The molecule has 0 aliphatic heterocycles. The van der Waals surface area contributed by atoms with Crippen molar-refractivity contribution in [3.63, 3.8) is 0 Å². The summed E-state index contributed by atoms with van der Waals surface area (Å²) in [5.41, 5.74) is 0.728. The van der Waals surface area contributed by atoms with Crippen molar-refractivity contribution in [3.8, 4) is 0 Å². The number of aryl methyl sites for hydroxylation is 1. The first-order chi connectivity index (χ1) is 7.73. The molecule has 1 aliphatic rings. The zero-order chi connectivity index (χ0) is 11.4. The Kier molecular flexibility index (Phi) is 3.22. The molecule has 0 aromatic carbocycles. The first-order valence-corrected chi connectivity index (χ1v) is 5.85. The van der Waals surface area contributed by atoms with Crippen LogP contribution in [0.1, 0.15) is 37.7 Å². The zero-order valence-electron chi connectivity index (χ0n) is 9.35. The van der Waals surface area contributed by atoms with Crippen LogP contribution in [0.5, 0.6) is 0 Å². The van der Waals surface area contributed by atoms with Gasteiger partial charge in [-0.25, -0.2) is 0 Å². The number of aliphatic carboxylic acids is 1. The van der Waals surface area contributed by atoms with Crippen molar-refractivity contribution in [2.24, 2.45) is 5.41 Å². The Hall–Kier alpha value is -1.38. The minimum absolute atomic E-state index is 0.455. The fourth-order valence-corrected chi connectivity index (χ4v) is 2.56. The van der Waals surface area contributed by atoms with Crippen molar-refractivity contribution in [2.75, 3.05) is 0 Å². The molecule has 1 fully saturated rings. The van der Waals surface area contributed by atoms with E-state index in [-0.39, 0.29) is 0 Å². The Balaban J connectivity index is 2.00. The van der Waals surface area contributed by atoms with Gasteiger partial charge in [0, 0.05) is 12.4 Å². The van der Waals surface area contributed by atoms with Gasteiger partial charge in [-0.15, -0.1) is 0 Å². The maximum atomic E-state index is 11.3. The third-order valence-corrected chi connectivity index (χ3v) is 3.66. The number of hydrogen-bond donors (Lipinski definition) is 1. The number of pyridine rings is 1. The van der Waals surface area contributed by atoms with Gasteiger partial charge in [0.1, 0.15) is 0 Å². The van der Waals surface area contributed by atoms with Crippen molar-refractivity contribution in [3.05, 3.63) is 30.1 Å². The number of rotatable bonds is 4. The van der Waals surface area contributed by atoms with Crippen LogP contribution in [0.15, 0.2) is 24.5 Å². The molecule has 3 heteroatoms. The smallest absolute Gasteiger partial charge is 0.309 e. The molecule has 0 bridgehead atoms. The molecule has 1 aliphatic carbocycles. The summed E-state index contributed by atoms with van der Waals surface area (Å²) in [4.78, 5) is 15.3. The maximum Gasteiger partial charge on any atom is 0.309 e. The van der Waals surface area contributed by atoms with E-state index in [4.69, 9.17) is 0 Å². The van der Waals surface area contributed by atoms with Crippen LogP contribution in [0.2, 0.25) is 0 Å². The van der Waals surface area contributed by atoms with E-state index < -0.39 is 11.4 Å². The van der Waals surface area contributed by atoms with E-state index in [0.717, 1.165) is 38.5 Å². The van der Waals surface area contributed by atoms with Crippen LogP contribution in [0, 0.1) is 5.41 Å². The van der Waals surface area contributed by atoms with Crippen molar-refractivity contribution in [1.82, 2.24) is 4.98 Å². The summed E-state index contributed by atoms with van der Waals surface area (Å²) < 4.78 is 0. The molecule has 0 saturated heterocycles. The van der Waals surface area contributed by atoms with Gasteiger partial charge in [0.25, 0.3) is 0 Å². The van der Waals surface area contributed by atoms with Crippen LogP contribution in [0.25, 0.3) is 0 Å². The van der Waals surface area contributed by atoms with E-state index in [1.165, 1.54) is 5.56 Å². The van der Waals surface area contributed by atoms with Gasteiger partial charge >= 0.3 is 5.97 Å². The van der Waals surface area contributed by atoms with Gasteiger partial charge in [-0.05, 0) is 43.4 Å². The molecule has 1 heterocycles. The highest BCUT2D eigenvalue weighted by Crippen LogP contribution is 2.42. The quantitative estimate of drug-likeness (QED) is 0.847. The Morgan fingerprint density at radius 1 is 1.31 bits per heavy atom. The Bertz CT molecular complexity index is 355. The molecular weight excluding hydrogens is 202 g/mol. The molecule has 3 nitrogen and oxygen atoms in total. The molecule has 16 heavy (non-hydrogen) atoms. The summed E-state index contributed by atoms with van der Waals surface area (Å²) in [6.07, 6.45) is 8.92. The highest BCUT2D eigenvalue weighted by molar-refractivity contribution is 5.75. The van der Waals surface area contributed by atoms with Gasteiger partial charge in [0.15, 0.2) is 0 Å². The minimum atomic E-state index is -0.612. The minimum Gasteiger partial charge on any atom is -0.481 e. The van der Waals surface area contributed by atoms with Crippen molar-refractivity contribution < 1.29 is 9.90 Å². The molecular formula is C13H17NO2. The van der Waals surface area contributed by atoms with Crippen LogP contribution in [-0.2, 0) is 11.2 Å². The second-order valence-electron chi connectivity index (χ2n) is 4.65. The van der Waals surface area contributed by atoms with Gasteiger partial charge in [-0.2, -0.15) is 0 Å². The van der Waals surface area contributed by atoms with E-state index in [9.17, 15) is 9.90 Å². The standard InChI is InChI=1S/C13H17NO2/c15-12(16)13(6-1-2-7-13)8-3-11-4-9-14-10-5-11/h4-5,9-10H,1-3,6-8H2,(H,15,16). The lowest BCUT2D eigenvalue weighted by atomic mass is 9.81. The molecule has 1 saturated carbocycles. The molecule has 0 unspecified atom stereocenters. The molecule has 1 aromatic heterocycles. The molecule has 0 spiro atoms. The molecule has 0 amide bonds. The maximum absolute atomic E-state index is 11.3. The van der Waals surface area contributed by atoms with Crippen molar-refractivity contribution >= 4 is 5.97 Å². The van der Waals surface area contributed by atoms with Gasteiger partial charge in [-0.3, -0.25) is 9.78 Å². The Morgan fingerprint density at radius 3 is 2.50 bits per heavy atom. The fraction of sp³-hybridized carbons (Fsp3) is 0.538. The third kappa shape index (κ3) is 2.23. The molecule has 2 rings (SSSR count). The normalized spacial score (nSPS) is 18.5. The van der Waals surface area contributed by atoms with E-state index >= 15 is 0 Å². The number of carboxylic acids is 1. The number of carboxylic acid groups (broad SMARTS) is 1. The number of nitrogens with zero attached hydrogens (tertiary/aromatic N) is 1. The van der Waals surface area contributed by atoms with Crippen LogP contribution in [-0.4, -0.2) is 16.1 Å². The summed E-state index contributed by atoms with van der Waals surface area (Å²) in [6, 6.07) is 3.93. The Labute approximate surface area is 95.5 Å². The van der Waals surface area contributed by atoms with Gasteiger partial charge in [-0.1, -0.05) is 12.8 Å². The van der Waals surface area contributed by atoms with E-state index in [1.54, 1.807) is 12.4 Å². The first kappa shape index (κ1) is 11.1. The average molecular weight is 219 g/mol. The highest BCUT2D eigenvalue weighted by Gasteiger charge is 2.40. The monoisotopic (exact) mass is 219 g/mol. The average Bonchev–Trinajstić information content (AvgIpc) is 2.78. The fourth-order valence-electron chi connectivity index (χ4n) is 2.56. The van der Waals surface area contributed by atoms with Gasteiger partial charge in [0.05, 0.1) is 5.41 Å². The topological polar surface area (TPSA) is 50.2 Å². The second kappa shape index (κ2) is 4.64. The number of hydrogen-bond acceptors (Lipinski definition) is 2. The van der Waals surface area contributed by atoms with E-state index in [0.29, 0.717) is 0 Å². The van der Waals surface area contributed by atoms with Crippen LogP contribution in [0.3, 0.4) is 0 Å². The molecule has 1 N–H and O–H groups in total. The lowest BCUT2D eigenvalue weighted by Gasteiger charge is -2.23. The van der Waals surface area contributed by atoms with Gasteiger partial charge in [0.2, 0.25) is 0 Å². The van der Waals surface area contributed by atoms with Crippen molar-refractivity contribution in [1.29, 1.82) is 0 Å². The summed E-state index contributed by atoms with van der Waals surface area (Å²) >= 11 is 0. The summed E-state index contributed by atoms with van der Waals surface area (Å²) in [6.45, 7) is 0. The third-order valence-electron chi connectivity index (χ3n) is 3.66. The number of carbonyl (C=O) groups is 1. The molecule has 86 valence electrons. The summed E-state index contributed by atoms with van der Waals surface area (Å²) in [5.74, 6) is -0.612. The molecule has 1 aromatic rings. The van der Waals surface area contributed by atoms with E-state index in [1.807, 2.05) is 12.1 Å². The van der Waals surface area contributed by atoms with Crippen LogP contribution >= 0.6 is 0 Å². The largest absolute Gasteiger partial charge is 0.481 e. The lowest BCUT2D eigenvalue weighted by molar-refractivity contribution is -0.149. The second-order valence-corrected chi connectivity index (χ2v) is 4.65. The van der Waals surface area contributed by atoms with Gasteiger partial charge < -0.3 is 5.11 Å². The van der Waals surface area contributed by atoms with E-state index in [2.05, 4.69) is 4.98 Å². The van der Waals surface area contributed by atoms with Crippen LogP contribution in [0.4, 0.5) is 0 Å². The molecule has 0 atom stereocenters. The molecule has 0 radical (unpaired) electrons. The predicted octanol–water partition coefficient (Wildman–Crippen LogP) is 2.66. The predicted molar refractivity (Wildman–Crippen MR) is 61.1 cm³/mol. The first-order valence-electron chi connectivity index (χ1n) is 5.85. The van der Waals surface area contributed by atoms with Crippen molar-refractivity contribution in [2.45, 2.75) is 38.5 Å². The number of aromatic nitrogens is 1. The highest BCUT2D eigenvalue weighted by atomic mass is 16.4. The SMILES string of the molecule is O=C(O)C1(CCc2ccncc2)CCCC1.